The van der Waals surface area contributed by atoms with Crippen LogP contribution in [0, 0.1) is 23.2 Å². The molecule has 17 heavy (non-hydrogen) atoms. The third-order valence-electron chi connectivity index (χ3n) is 6.03. The largest absolute Gasteiger partial charge is 0.326 e. The summed E-state index contributed by atoms with van der Waals surface area (Å²) in [7, 11) is 0. The summed E-state index contributed by atoms with van der Waals surface area (Å²) in [6, 6.07) is 0.462. The molecular formula is C15H26N2. The lowest BCUT2D eigenvalue weighted by atomic mass is 9.49. The summed E-state index contributed by atoms with van der Waals surface area (Å²) in [5.74, 6) is 3.28. The fourth-order valence-corrected chi connectivity index (χ4v) is 5.96. The minimum absolute atomic E-state index is 0.462. The average molecular weight is 234 g/mol. The van der Waals surface area contributed by atoms with E-state index < -0.39 is 0 Å². The van der Waals surface area contributed by atoms with Gasteiger partial charge in [-0.05, 0) is 74.7 Å². The van der Waals surface area contributed by atoms with Gasteiger partial charge in [0.15, 0.2) is 0 Å². The smallest absolute Gasteiger partial charge is 0.0180 e. The molecule has 0 aromatic carbocycles. The van der Waals surface area contributed by atoms with Crippen LogP contribution in [0.15, 0.2) is 0 Å². The summed E-state index contributed by atoms with van der Waals surface area (Å²) in [5, 5.41) is 0. The lowest BCUT2D eigenvalue weighted by molar-refractivity contribution is -0.0665. The van der Waals surface area contributed by atoms with E-state index in [4.69, 9.17) is 5.73 Å². The molecule has 0 aromatic heterocycles. The maximum absolute atomic E-state index is 6.05. The Morgan fingerprint density at radius 2 is 1.59 bits per heavy atom. The molecule has 5 aliphatic rings. The third kappa shape index (κ3) is 1.84. The molecule has 1 aliphatic heterocycles. The van der Waals surface area contributed by atoms with Gasteiger partial charge in [-0.2, -0.15) is 0 Å². The summed E-state index contributed by atoms with van der Waals surface area (Å²) in [4.78, 5) is 2.68. The molecule has 2 nitrogen and oxygen atoms in total. The van der Waals surface area contributed by atoms with Crippen molar-refractivity contribution in [3.63, 3.8) is 0 Å². The molecule has 1 saturated heterocycles. The lowest BCUT2D eigenvalue weighted by Crippen LogP contribution is -2.51. The summed E-state index contributed by atoms with van der Waals surface area (Å²) in [5.41, 5.74) is 6.77. The van der Waals surface area contributed by atoms with Crippen molar-refractivity contribution in [1.29, 1.82) is 0 Å². The molecule has 0 unspecified atom stereocenters. The van der Waals surface area contributed by atoms with Crippen LogP contribution in [0.25, 0.3) is 0 Å². The minimum atomic E-state index is 0.462. The van der Waals surface area contributed by atoms with E-state index in [9.17, 15) is 0 Å². The van der Waals surface area contributed by atoms with E-state index in [-0.39, 0.29) is 0 Å². The van der Waals surface area contributed by atoms with Gasteiger partial charge >= 0.3 is 0 Å². The highest BCUT2D eigenvalue weighted by atomic mass is 15.2. The van der Waals surface area contributed by atoms with Crippen molar-refractivity contribution in [1.82, 2.24) is 4.90 Å². The number of rotatable bonds is 2. The van der Waals surface area contributed by atoms with Crippen LogP contribution in [0.2, 0.25) is 0 Å². The van der Waals surface area contributed by atoms with Crippen molar-refractivity contribution in [2.45, 2.75) is 51.0 Å². The van der Waals surface area contributed by atoms with Crippen molar-refractivity contribution in [2.75, 3.05) is 19.6 Å². The Kier molecular flexibility index (Phi) is 2.36. The molecule has 2 N–H and O–H groups in total. The Morgan fingerprint density at radius 3 is 2.06 bits per heavy atom. The summed E-state index contributed by atoms with van der Waals surface area (Å²) in [6.45, 7) is 3.81. The predicted molar refractivity (Wildman–Crippen MR) is 69.6 cm³/mol. The normalized spacial score (nSPS) is 53.5. The monoisotopic (exact) mass is 234 g/mol. The fraction of sp³-hybridized carbons (Fsp3) is 1.00. The van der Waals surface area contributed by atoms with E-state index in [1.54, 1.807) is 38.5 Å². The van der Waals surface area contributed by atoms with E-state index in [0.29, 0.717) is 6.04 Å². The Balaban J connectivity index is 1.49. The highest BCUT2D eigenvalue weighted by Crippen LogP contribution is 2.60. The number of hydrogen-bond donors (Lipinski definition) is 1. The first-order valence-electron chi connectivity index (χ1n) is 7.69. The van der Waals surface area contributed by atoms with Gasteiger partial charge < -0.3 is 10.6 Å². The first-order valence-corrected chi connectivity index (χ1v) is 7.69. The van der Waals surface area contributed by atoms with Gasteiger partial charge in [0.05, 0.1) is 0 Å². The summed E-state index contributed by atoms with van der Waals surface area (Å²) in [6.07, 6.45) is 10.6. The topological polar surface area (TPSA) is 29.3 Å². The quantitative estimate of drug-likeness (QED) is 0.794. The van der Waals surface area contributed by atoms with Gasteiger partial charge in [-0.25, -0.2) is 0 Å². The molecule has 5 rings (SSSR count). The zero-order valence-electron chi connectivity index (χ0n) is 10.9. The summed E-state index contributed by atoms with van der Waals surface area (Å²) < 4.78 is 0. The standard InChI is InChI=1S/C15H26N2/c16-14-1-2-17(9-14)10-15-6-11-3-12(7-15)5-13(4-11)8-15/h11-14H,1-10,16H2/t11?,12?,13?,14-,15?/m0/s1. The maximum atomic E-state index is 6.05. The van der Waals surface area contributed by atoms with Gasteiger partial charge in [0.2, 0.25) is 0 Å². The molecule has 4 saturated carbocycles. The van der Waals surface area contributed by atoms with E-state index in [1.165, 1.54) is 26.1 Å². The highest BCUT2D eigenvalue weighted by molar-refractivity contribution is 5.03. The van der Waals surface area contributed by atoms with Crippen LogP contribution in [0.5, 0.6) is 0 Å². The van der Waals surface area contributed by atoms with Crippen molar-refractivity contribution >= 4 is 0 Å². The molecule has 0 spiro atoms. The second-order valence-corrected chi connectivity index (χ2v) is 7.70. The van der Waals surface area contributed by atoms with Crippen LogP contribution in [0.1, 0.15) is 44.9 Å². The first kappa shape index (κ1) is 10.8. The number of likely N-dealkylation sites (tertiary alicyclic amines) is 1. The molecule has 4 bridgehead atoms. The van der Waals surface area contributed by atoms with Gasteiger partial charge in [0.1, 0.15) is 0 Å². The number of nitrogens with two attached hydrogens (primary N) is 1. The van der Waals surface area contributed by atoms with Crippen LogP contribution in [0.3, 0.4) is 0 Å². The van der Waals surface area contributed by atoms with Crippen molar-refractivity contribution in [3.8, 4) is 0 Å². The van der Waals surface area contributed by atoms with Crippen LogP contribution in [0.4, 0.5) is 0 Å². The van der Waals surface area contributed by atoms with Crippen LogP contribution < -0.4 is 5.73 Å². The number of nitrogens with zero attached hydrogens (tertiary/aromatic N) is 1. The SMILES string of the molecule is N[C@H]1CCN(CC23CC4CC(CC(C4)C2)C3)C1. The molecule has 0 amide bonds. The molecule has 1 heterocycles. The molecule has 5 fully saturated rings. The average Bonchev–Trinajstić information content (AvgIpc) is 2.60. The van der Waals surface area contributed by atoms with Crippen LogP contribution in [-0.4, -0.2) is 30.6 Å². The van der Waals surface area contributed by atoms with Gasteiger partial charge in [0, 0.05) is 19.1 Å². The molecule has 96 valence electrons. The predicted octanol–water partition coefficient (Wildman–Crippen LogP) is 2.24. The van der Waals surface area contributed by atoms with Crippen molar-refractivity contribution in [3.05, 3.63) is 0 Å². The van der Waals surface area contributed by atoms with Gasteiger partial charge in [-0.1, -0.05) is 0 Å². The molecule has 0 aromatic rings. The van der Waals surface area contributed by atoms with E-state index in [1.807, 2.05) is 0 Å². The Hall–Kier alpha value is -0.0800. The second-order valence-electron chi connectivity index (χ2n) is 7.70. The Bertz CT molecular complexity index is 277. The molecule has 2 heteroatoms. The lowest BCUT2D eigenvalue weighted by Gasteiger charge is -2.57. The minimum Gasteiger partial charge on any atom is -0.326 e. The zero-order valence-corrected chi connectivity index (χ0v) is 10.9. The Morgan fingerprint density at radius 1 is 1.00 bits per heavy atom. The highest BCUT2D eigenvalue weighted by Gasteiger charge is 2.51. The first-order chi connectivity index (χ1) is 8.21. The summed E-state index contributed by atoms with van der Waals surface area (Å²) >= 11 is 0. The zero-order chi connectivity index (χ0) is 11.5. The Labute approximate surface area is 105 Å². The van der Waals surface area contributed by atoms with E-state index in [2.05, 4.69) is 4.90 Å². The maximum Gasteiger partial charge on any atom is 0.0180 e. The van der Waals surface area contributed by atoms with Crippen LogP contribution >= 0.6 is 0 Å². The van der Waals surface area contributed by atoms with Crippen molar-refractivity contribution < 1.29 is 0 Å². The molecule has 0 radical (unpaired) electrons. The van der Waals surface area contributed by atoms with Crippen molar-refractivity contribution in [2.24, 2.45) is 28.9 Å². The molecular weight excluding hydrogens is 208 g/mol. The molecule has 4 aliphatic carbocycles. The second kappa shape index (κ2) is 3.71. The molecule has 1 atom stereocenters. The van der Waals surface area contributed by atoms with Gasteiger partial charge in [-0.15, -0.1) is 0 Å². The van der Waals surface area contributed by atoms with E-state index in [0.717, 1.165) is 23.2 Å². The number of hydrogen-bond acceptors (Lipinski definition) is 2. The van der Waals surface area contributed by atoms with Crippen LogP contribution in [-0.2, 0) is 0 Å². The third-order valence-corrected chi connectivity index (χ3v) is 6.03. The van der Waals surface area contributed by atoms with E-state index >= 15 is 0 Å². The fourth-order valence-electron chi connectivity index (χ4n) is 5.96. The van der Waals surface area contributed by atoms with Gasteiger partial charge in [-0.3, -0.25) is 0 Å². The van der Waals surface area contributed by atoms with Gasteiger partial charge in [0.25, 0.3) is 0 Å².